The molecule has 0 aromatic carbocycles. The van der Waals surface area contributed by atoms with Gasteiger partial charge < -0.3 is 16.4 Å². The van der Waals surface area contributed by atoms with E-state index in [9.17, 15) is 0 Å². The van der Waals surface area contributed by atoms with E-state index < -0.39 is 0 Å². The smallest absolute Gasteiger partial charge is 0.222 e. The summed E-state index contributed by atoms with van der Waals surface area (Å²) in [6.07, 6.45) is 8.91. The number of fused-ring (bicyclic) bond motifs is 3. The van der Waals surface area contributed by atoms with Crippen molar-refractivity contribution >= 4 is 11.8 Å². The molecule has 3 fully saturated rings. The molecule has 5 rings (SSSR count). The molecule has 5 nitrogen and oxygen atoms in total. The molecule has 1 aromatic rings. The Hall–Kier alpha value is -1.36. The SMILES string of the molecule is Nc1nc(N2C[C@@H]3C(N)[C@@H]3C2)c2c(n1)C1(CCCC1)CCC2. The van der Waals surface area contributed by atoms with Crippen LogP contribution in [0.25, 0.3) is 0 Å². The van der Waals surface area contributed by atoms with Gasteiger partial charge in [-0.15, -0.1) is 0 Å². The van der Waals surface area contributed by atoms with Crippen LogP contribution < -0.4 is 16.4 Å². The first-order valence-corrected chi connectivity index (χ1v) is 8.85. The van der Waals surface area contributed by atoms with Gasteiger partial charge in [-0.3, -0.25) is 0 Å². The van der Waals surface area contributed by atoms with Crippen LogP contribution in [0.1, 0.15) is 49.8 Å². The molecule has 0 radical (unpaired) electrons. The van der Waals surface area contributed by atoms with Gasteiger partial charge in [-0.1, -0.05) is 12.8 Å². The minimum Gasteiger partial charge on any atom is -0.368 e. The number of hydrogen-bond donors (Lipinski definition) is 2. The predicted octanol–water partition coefficient (Wildman–Crippen LogP) is 1.60. The predicted molar refractivity (Wildman–Crippen MR) is 86.7 cm³/mol. The van der Waals surface area contributed by atoms with Crippen LogP contribution in [0.5, 0.6) is 0 Å². The van der Waals surface area contributed by atoms with Gasteiger partial charge in [0.15, 0.2) is 0 Å². The lowest BCUT2D eigenvalue weighted by Gasteiger charge is -2.36. The van der Waals surface area contributed by atoms with Gasteiger partial charge in [-0.05, 0) is 43.9 Å². The Morgan fingerprint density at radius 1 is 1.00 bits per heavy atom. The van der Waals surface area contributed by atoms with Crippen molar-refractivity contribution in [2.45, 2.75) is 56.4 Å². The second kappa shape index (κ2) is 4.34. The zero-order valence-electron chi connectivity index (χ0n) is 13.1. The molecule has 2 saturated carbocycles. The van der Waals surface area contributed by atoms with Crippen LogP contribution in [0.15, 0.2) is 0 Å². The normalized spacial score (nSPS) is 34.8. The number of anilines is 2. The van der Waals surface area contributed by atoms with E-state index in [2.05, 4.69) is 9.88 Å². The van der Waals surface area contributed by atoms with E-state index in [-0.39, 0.29) is 0 Å². The van der Waals surface area contributed by atoms with Gasteiger partial charge >= 0.3 is 0 Å². The Morgan fingerprint density at radius 3 is 2.41 bits per heavy atom. The van der Waals surface area contributed by atoms with Gasteiger partial charge in [0.05, 0.1) is 5.69 Å². The summed E-state index contributed by atoms with van der Waals surface area (Å²) in [7, 11) is 0. The largest absolute Gasteiger partial charge is 0.368 e. The Labute approximate surface area is 131 Å². The number of nitrogens with two attached hydrogens (primary N) is 2. The van der Waals surface area contributed by atoms with Gasteiger partial charge in [0, 0.05) is 30.1 Å². The van der Waals surface area contributed by atoms with E-state index in [4.69, 9.17) is 16.5 Å². The third-order valence-electron chi connectivity index (χ3n) is 6.71. The molecule has 1 spiro atoms. The average molecular weight is 299 g/mol. The van der Waals surface area contributed by atoms with Gasteiger partial charge in [0.2, 0.25) is 5.95 Å². The molecule has 1 aromatic heterocycles. The highest BCUT2D eigenvalue weighted by atomic mass is 15.3. The van der Waals surface area contributed by atoms with Crippen molar-refractivity contribution in [1.82, 2.24) is 9.97 Å². The molecule has 1 unspecified atom stereocenters. The Morgan fingerprint density at radius 2 is 1.68 bits per heavy atom. The first-order valence-electron chi connectivity index (χ1n) is 8.85. The fourth-order valence-electron chi connectivity index (χ4n) is 5.43. The molecule has 22 heavy (non-hydrogen) atoms. The van der Waals surface area contributed by atoms with Crippen molar-refractivity contribution in [3.8, 4) is 0 Å². The van der Waals surface area contributed by atoms with Crippen molar-refractivity contribution in [3.05, 3.63) is 11.3 Å². The van der Waals surface area contributed by atoms with Crippen molar-refractivity contribution in [1.29, 1.82) is 0 Å². The molecular weight excluding hydrogens is 274 g/mol. The summed E-state index contributed by atoms with van der Waals surface area (Å²) in [4.78, 5) is 11.8. The Bertz CT molecular complexity index is 610. The second-order valence-electron chi connectivity index (χ2n) is 7.88. The van der Waals surface area contributed by atoms with Crippen molar-refractivity contribution in [2.24, 2.45) is 17.6 Å². The lowest BCUT2D eigenvalue weighted by Crippen LogP contribution is -2.34. The molecule has 4 N–H and O–H groups in total. The third-order valence-corrected chi connectivity index (χ3v) is 6.71. The first kappa shape index (κ1) is 13.1. The summed E-state index contributed by atoms with van der Waals surface area (Å²) in [5.74, 6) is 2.95. The quantitative estimate of drug-likeness (QED) is 0.823. The maximum atomic E-state index is 6.10. The Kier molecular flexibility index (Phi) is 2.59. The summed E-state index contributed by atoms with van der Waals surface area (Å²) in [6, 6.07) is 0.424. The van der Waals surface area contributed by atoms with Gasteiger partial charge in [0.1, 0.15) is 5.82 Å². The van der Waals surface area contributed by atoms with E-state index >= 15 is 0 Å². The number of hydrogen-bond acceptors (Lipinski definition) is 5. The molecule has 1 saturated heterocycles. The number of nitrogen functional groups attached to an aromatic ring is 1. The van der Waals surface area contributed by atoms with Crippen molar-refractivity contribution < 1.29 is 0 Å². The van der Waals surface area contributed by atoms with Crippen molar-refractivity contribution in [3.63, 3.8) is 0 Å². The molecule has 2 heterocycles. The van der Waals surface area contributed by atoms with Gasteiger partial charge in [0.25, 0.3) is 0 Å². The van der Waals surface area contributed by atoms with Crippen LogP contribution in [0.4, 0.5) is 11.8 Å². The zero-order valence-corrected chi connectivity index (χ0v) is 13.1. The van der Waals surface area contributed by atoms with Gasteiger partial charge in [-0.25, -0.2) is 4.98 Å². The highest BCUT2D eigenvalue weighted by Crippen LogP contribution is 2.51. The van der Waals surface area contributed by atoms with E-state index in [0.717, 1.165) is 25.3 Å². The molecule has 4 aliphatic rings. The maximum Gasteiger partial charge on any atom is 0.222 e. The summed E-state index contributed by atoms with van der Waals surface area (Å²) >= 11 is 0. The highest BCUT2D eigenvalue weighted by Gasteiger charge is 2.54. The molecule has 3 atom stereocenters. The monoisotopic (exact) mass is 299 g/mol. The Balaban J connectivity index is 1.57. The van der Waals surface area contributed by atoms with Crippen LogP contribution in [-0.4, -0.2) is 29.1 Å². The number of nitrogens with zero attached hydrogens (tertiary/aromatic N) is 3. The van der Waals surface area contributed by atoms with Crippen LogP contribution >= 0.6 is 0 Å². The third kappa shape index (κ3) is 1.69. The maximum absolute atomic E-state index is 6.10. The number of piperidine rings is 1. The fraction of sp³-hybridized carbons (Fsp3) is 0.765. The summed E-state index contributed by atoms with van der Waals surface area (Å²) in [6.45, 7) is 2.11. The van der Waals surface area contributed by atoms with E-state index in [1.807, 2.05) is 0 Å². The number of rotatable bonds is 1. The zero-order chi connectivity index (χ0) is 14.9. The second-order valence-corrected chi connectivity index (χ2v) is 7.88. The van der Waals surface area contributed by atoms with Crippen LogP contribution in [0.2, 0.25) is 0 Å². The van der Waals surface area contributed by atoms with E-state index in [1.54, 1.807) is 0 Å². The average Bonchev–Trinajstić information content (AvgIpc) is 2.94. The topological polar surface area (TPSA) is 81.1 Å². The molecule has 1 aliphatic heterocycles. The summed E-state index contributed by atoms with van der Waals surface area (Å²) in [5, 5.41) is 0. The summed E-state index contributed by atoms with van der Waals surface area (Å²) in [5.41, 5.74) is 15.2. The standard InChI is InChI=1S/C17H25N5/c18-13-11-8-22(9-12(11)13)15-10-4-3-7-17(5-1-2-6-17)14(10)20-16(19)21-15/h11-13H,1-9,18H2,(H2,19,20,21)/t11-,12+,13?. The molecule has 118 valence electrons. The van der Waals surface area contributed by atoms with E-state index in [0.29, 0.717) is 29.2 Å². The fourth-order valence-corrected chi connectivity index (χ4v) is 5.43. The molecule has 0 bridgehead atoms. The first-order chi connectivity index (χ1) is 10.7. The van der Waals surface area contributed by atoms with Crippen LogP contribution in [-0.2, 0) is 11.8 Å². The minimum absolute atomic E-state index is 0.304. The van der Waals surface area contributed by atoms with Gasteiger partial charge in [-0.2, -0.15) is 4.98 Å². The molecule has 0 amide bonds. The van der Waals surface area contributed by atoms with Crippen LogP contribution in [0.3, 0.4) is 0 Å². The molecular formula is C17H25N5. The molecule has 5 heteroatoms. The van der Waals surface area contributed by atoms with Crippen molar-refractivity contribution in [2.75, 3.05) is 23.7 Å². The summed E-state index contributed by atoms with van der Waals surface area (Å²) < 4.78 is 0. The highest BCUT2D eigenvalue weighted by molar-refractivity contribution is 5.56. The van der Waals surface area contributed by atoms with E-state index in [1.165, 1.54) is 49.8 Å². The molecule has 3 aliphatic carbocycles. The number of aromatic nitrogens is 2. The van der Waals surface area contributed by atoms with Crippen LogP contribution in [0, 0.1) is 11.8 Å². The lowest BCUT2D eigenvalue weighted by molar-refractivity contribution is 0.357. The lowest BCUT2D eigenvalue weighted by atomic mass is 9.71. The minimum atomic E-state index is 0.304.